The highest BCUT2D eigenvalue weighted by molar-refractivity contribution is 6.38. The molecule has 4 fully saturated rings. The van der Waals surface area contributed by atoms with E-state index in [1.54, 1.807) is 24.5 Å². The minimum Gasteiger partial charge on any atom is -0.494 e. The van der Waals surface area contributed by atoms with Crippen molar-refractivity contribution in [1.29, 1.82) is 0 Å². The first-order valence-corrected chi connectivity index (χ1v) is 14.6. The summed E-state index contributed by atoms with van der Waals surface area (Å²) in [5.41, 5.74) is 1.71. The smallest absolute Gasteiger partial charge is 0.358 e. The van der Waals surface area contributed by atoms with Gasteiger partial charge in [-0.2, -0.15) is 4.98 Å². The second-order valence-electron chi connectivity index (χ2n) is 11.4. The van der Waals surface area contributed by atoms with Crippen LogP contribution in [-0.4, -0.2) is 49.1 Å². The quantitative estimate of drug-likeness (QED) is 0.217. The topological polar surface area (TPSA) is 146 Å². The van der Waals surface area contributed by atoms with Crippen LogP contribution < -0.4 is 4.74 Å². The van der Waals surface area contributed by atoms with Gasteiger partial charge < -0.3 is 23.6 Å². The van der Waals surface area contributed by atoms with Crippen molar-refractivity contribution in [3.05, 3.63) is 57.5 Å². The third kappa shape index (κ3) is 4.63. The first-order valence-electron chi connectivity index (χ1n) is 13.9. The maximum Gasteiger partial charge on any atom is 0.358 e. The van der Waals surface area contributed by atoms with Gasteiger partial charge in [0.1, 0.15) is 17.1 Å². The van der Waals surface area contributed by atoms with Crippen LogP contribution in [0.25, 0.3) is 22.8 Å². The number of rotatable bonds is 9. The Morgan fingerprint density at radius 2 is 1.74 bits per heavy atom. The van der Waals surface area contributed by atoms with Crippen molar-refractivity contribution in [2.45, 2.75) is 74.9 Å². The van der Waals surface area contributed by atoms with E-state index in [1.807, 2.05) is 0 Å². The first-order chi connectivity index (χ1) is 20.3. The van der Waals surface area contributed by atoms with E-state index in [4.69, 9.17) is 41.7 Å². The van der Waals surface area contributed by atoms with E-state index < -0.39 is 5.97 Å². The van der Waals surface area contributed by atoms with Gasteiger partial charge in [-0.3, -0.25) is 4.98 Å². The van der Waals surface area contributed by atoms with Crippen molar-refractivity contribution in [2.24, 2.45) is 0 Å². The number of ether oxygens (including phenoxy) is 2. The maximum absolute atomic E-state index is 11.6. The molecule has 4 aromatic heterocycles. The van der Waals surface area contributed by atoms with Crippen LogP contribution >= 0.6 is 23.2 Å². The number of carboxylic acid groups (broad SMARTS) is 1. The van der Waals surface area contributed by atoms with Gasteiger partial charge in [0, 0.05) is 29.4 Å². The lowest BCUT2D eigenvalue weighted by Gasteiger charge is -2.51. The minimum atomic E-state index is -1.19. The van der Waals surface area contributed by atoms with Crippen molar-refractivity contribution < 1.29 is 28.4 Å². The average molecular weight is 612 g/mol. The van der Waals surface area contributed by atoms with Crippen LogP contribution in [0.3, 0.4) is 0 Å². The van der Waals surface area contributed by atoms with Crippen molar-refractivity contribution in [2.75, 3.05) is 7.11 Å². The zero-order chi connectivity index (χ0) is 29.1. The average Bonchev–Trinajstić information content (AvgIpc) is 3.56. The number of aromatic carboxylic acids is 1. The van der Waals surface area contributed by atoms with E-state index in [0.717, 1.165) is 62.7 Å². The summed E-state index contributed by atoms with van der Waals surface area (Å²) in [7, 11) is 1.40. The molecule has 218 valence electrons. The number of halogens is 2. The molecule has 1 N–H and O–H groups in total. The Balaban J connectivity index is 1.08. The van der Waals surface area contributed by atoms with Gasteiger partial charge in [0.2, 0.25) is 11.7 Å². The second-order valence-corrected chi connectivity index (χ2v) is 12.2. The van der Waals surface area contributed by atoms with E-state index in [-0.39, 0.29) is 28.3 Å². The van der Waals surface area contributed by atoms with Gasteiger partial charge >= 0.3 is 5.97 Å². The molecule has 0 spiro atoms. The third-order valence-electron chi connectivity index (χ3n) is 8.95. The molecular formula is C29H27Cl2N5O6. The van der Waals surface area contributed by atoms with Crippen LogP contribution in [0.1, 0.15) is 85.0 Å². The van der Waals surface area contributed by atoms with Gasteiger partial charge in [0.05, 0.1) is 34.8 Å². The molecule has 0 saturated heterocycles. The number of nitrogens with zero attached hydrogens (tertiary/aromatic N) is 5. The van der Waals surface area contributed by atoms with Crippen LogP contribution in [0.4, 0.5) is 0 Å². The number of carboxylic acids is 1. The molecule has 0 amide bonds. The van der Waals surface area contributed by atoms with Gasteiger partial charge in [0.25, 0.3) is 0 Å². The number of carbonyl (C=O) groups is 1. The summed E-state index contributed by atoms with van der Waals surface area (Å²) in [5, 5.41) is 18.8. The lowest BCUT2D eigenvalue weighted by atomic mass is 9.58. The van der Waals surface area contributed by atoms with E-state index in [9.17, 15) is 9.90 Å². The van der Waals surface area contributed by atoms with E-state index >= 15 is 0 Å². The molecule has 11 nitrogen and oxygen atoms in total. The summed E-state index contributed by atoms with van der Waals surface area (Å²) >= 11 is 12.9. The summed E-state index contributed by atoms with van der Waals surface area (Å²) < 4.78 is 23.4. The Hall–Kier alpha value is -3.54. The number of aromatic nitrogens is 5. The first kappa shape index (κ1) is 27.3. The number of methoxy groups -OCH3 is 1. The predicted molar refractivity (Wildman–Crippen MR) is 150 cm³/mol. The molecule has 8 rings (SSSR count). The van der Waals surface area contributed by atoms with Crippen LogP contribution in [0, 0.1) is 0 Å². The summed E-state index contributed by atoms with van der Waals surface area (Å²) in [6.45, 7) is 0.354. The standard InChI is InChI=1S/C29H27Cl2N5O6/c1-39-20-5-4-19(33-23(20)26(37)38)25-34-27(42-36-25)28-6-9-29(10-7-28,11-8-28)40-14-16-22(35-41-24(16)15-2-3-15)21-17(30)12-32-13-18(21)31/h4-5,12-13,15H,2-3,6-11,14H2,1H3,(H,37,38). The Morgan fingerprint density at radius 3 is 2.38 bits per heavy atom. The zero-order valence-corrected chi connectivity index (χ0v) is 24.2. The molecule has 0 unspecified atom stereocenters. The molecule has 4 aromatic rings. The Kier molecular flexibility index (Phi) is 6.71. The number of hydrogen-bond acceptors (Lipinski definition) is 10. The highest BCUT2D eigenvalue weighted by atomic mass is 35.5. The largest absolute Gasteiger partial charge is 0.494 e. The molecule has 4 aliphatic carbocycles. The van der Waals surface area contributed by atoms with Crippen LogP contribution in [0.2, 0.25) is 10.0 Å². The molecule has 42 heavy (non-hydrogen) atoms. The summed E-state index contributed by atoms with van der Waals surface area (Å²) in [6, 6.07) is 3.17. The highest BCUT2D eigenvalue weighted by Gasteiger charge is 2.53. The zero-order valence-electron chi connectivity index (χ0n) is 22.7. The molecule has 4 saturated carbocycles. The Labute approximate surface area is 250 Å². The number of pyridine rings is 2. The fourth-order valence-electron chi connectivity index (χ4n) is 6.31. The molecule has 0 atom stereocenters. The van der Waals surface area contributed by atoms with Crippen molar-refractivity contribution in [3.8, 4) is 28.5 Å². The normalized spacial score (nSPS) is 23.3. The van der Waals surface area contributed by atoms with Crippen LogP contribution in [0.15, 0.2) is 33.6 Å². The third-order valence-corrected chi connectivity index (χ3v) is 9.52. The van der Waals surface area contributed by atoms with Gasteiger partial charge in [-0.15, -0.1) is 0 Å². The van der Waals surface area contributed by atoms with Crippen LogP contribution in [-0.2, 0) is 16.8 Å². The molecule has 4 aliphatic rings. The number of fused-ring (bicyclic) bond motifs is 3. The van der Waals surface area contributed by atoms with E-state index in [1.165, 1.54) is 7.11 Å². The maximum atomic E-state index is 11.6. The molecule has 4 heterocycles. The highest BCUT2D eigenvalue weighted by Crippen LogP contribution is 2.55. The van der Waals surface area contributed by atoms with Gasteiger partial charge in [-0.05, 0) is 63.5 Å². The van der Waals surface area contributed by atoms with Crippen molar-refractivity contribution in [3.63, 3.8) is 0 Å². The molecule has 0 aromatic carbocycles. The van der Waals surface area contributed by atoms with Crippen LogP contribution in [0.5, 0.6) is 5.75 Å². The second kappa shape index (κ2) is 10.3. The lowest BCUT2D eigenvalue weighted by molar-refractivity contribution is -0.130. The molecule has 0 aliphatic heterocycles. The van der Waals surface area contributed by atoms with Gasteiger partial charge in [-0.25, -0.2) is 9.78 Å². The molecule has 0 radical (unpaired) electrons. The molecule has 2 bridgehead atoms. The van der Waals surface area contributed by atoms with Gasteiger partial charge in [0.15, 0.2) is 11.4 Å². The Bertz CT molecular complexity index is 1640. The van der Waals surface area contributed by atoms with Gasteiger partial charge in [-0.1, -0.05) is 33.5 Å². The minimum absolute atomic E-state index is 0.166. The predicted octanol–water partition coefficient (Wildman–Crippen LogP) is 6.63. The fraction of sp³-hybridized carbons (Fsp3) is 0.448. The number of hydrogen-bond donors (Lipinski definition) is 1. The Morgan fingerprint density at radius 1 is 1.02 bits per heavy atom. The van der Waals surface area contributed by atoms with Crippen molar-refractivity contribution in [1.82, 2.24) is 25.3 Å². The fourth-order valence-corrected chi connectivity index (χ4v) is 6.85. The monoisotopic (exact) mass is 611 g/mol. The summed E-state index contributed by atoms with van der Waals surface area (Å²) in [4.78, 5) is 24.5. The molecule has 13 heteroatoms. The van der Waals surface area contributed by atoms with E-state index in [2.05, 4.69) is 25.3 Å². The summed E-state index contributed by atoms with van der Waals surface area (Å²) in [6.07, 6.45) is 10.2. The molecular weight excluding hydrogens is 585 g/mol. The summed E-state index contributed by atoms with van der Waals surface area (Å²) in [5.74, 6) is 0.970. The SMILES string of the molecule is COc1ccc(-c2noc(C34CCC(OCc5c(-c6c(Cl)cncc6Cl)noc5C5CC5)(CC3)CC4)n2)nc1C(=O)O. The van der Waals surface area contributed by atoms with Crippen molar-refractivity contribution >= 4 is 29.2 Å². The lowest BCUT2D eigenvalue weighted by Crippen LogP contribution is -2.49. The van der Waals surface area contributed by atoms with E-state index in [0.29, 0.717) is 45.4 Å².